The summed E-state index contributed by atoms with van der Waals surface area (Å²) < 4.78 is 5.09. The lowest BCUT2D eigenvalue weighted by Crippen LogP contribution is -2.35. The van der Waals surface area contributed by atoms with E-state index < -0.39 is 10.9 Å². The van der Waals surface area contributed by atoms with Crippen LogP contribution in [0.2, 0.25) is 5.02 Å². The van der Waals surface area contributed by atoms with Crippen LogP contribution in [0, 0.1) is 6.92 Å². The van der Waals surface area contributed by atoms with Crippen LogP contribution in [0.15, 0.2) is 52.1 Å². The molecule has 0 aliphatic carbocycles. The van der Waals surface area contributed by atoms with Gasteiger partial charge in [-0.15, -0.1) is 0 Å². The average Bonchev–Trinajstić information content (AvgIpc) is 2.56. The van der Waals surface area contributed by atoms with Crippen molar-refractivity contribution in [3.05, 3.63) is 73.5 Å². The Bertz CT molecular complexity index is 938. The molecule has 116 valence electrons. The average molecular weight is 328 g/mol. The number of hydrogen-bond donors (Lipinski definition) is 1. The summed E-state index contributed by atoms with van der Waals surface area (Å²) in [5, 5.41) is 3.41. The summed E-state index contributed by atoms with van der Waals surface area (Å²) in [6.07, 6.45) is 0. The van der Waals surface area contributed by atoms with E-state index in [-0.39, 0.29) is 0 Å². The minimum Gasteiger partial charge on any atom is -0.495 e. The summed E-state index contributed by atoms with van der Waals surface area (Å²) >= 11 is 6.08. The van der Waals surface area contributed by atoms with E-state index in [1.165, 1.54) is 7.11 Å². The predicted octanol–water partition coefficient (Wildman–Crippen LogP) is 3.66. The Morgan fingerprint density at radius 1 is 1.00 bits per heavy atom. The highest BCUT2D eigenvalue weighted by atomic mass is 35.5. The monoisotopic (exact) mass is 327 g/mol. The van der Waals surface area contributed by atoms with Gasteiger partial charge in [-0.1, -0.05) is 41.4 Å². The zero-order valence-electron chi connectivity index (χ0n) is 12.6. The highest BCUT2D eigenvalue weighted by Gasteiger charge is 2.22. The van der Waals surface area contributed by atoms with Crippen molar-refractivity contribution in [3.8, 4) is 16.9 Å². The van der Waals surface area contributed by atoms with Gasteiger partial charge in [-0.05, 0) is 30.7 Å². The molecule has 4 nitrogen and oxygen atoms in total. The lowest BCUT2D eigenvalue weighted by Gasteiger charge is -2.14. The zero-order chi connectivity index (χ0) is 16.6. The van der Waals surface area contributed by atoms with Crippen molar-refractivity contribution < 1.29 is 4.74 Å². The van der Waals surface area contributed by atoms with Crippen LogP contribution in [0.25, 0.3) is 11.1 Å². The second-order valence-electron chi connectivity index (χ2n) is 5.25. The Kier molecular flexibility index (Phi) is 3.92. The molecule has 3 aromatic carbocycles. The molecule has 3 rings (SSSR count). The third kappa shape index (κ3) is 2.73. The molecule has 0 aliphatic rings. The number of methoxy groups -OCH3 is 1. The molecule has 0 radical (unpaired) electrons. The molecule has 0 spiro atoms. The fraction of sp³-hybridized carbons (Fsp3) is 0.111. The summed E-state index contributed by atoms with van der Waals surface area (Å²) in [7, 11) is 1.53. The number of rotatable bonds is 4. The first kappa shape index (κ1) is 15.3. The van der Waals surface area contributed by atoms with Gasteiger partial charge in [0.1, 0.15) is 11.4 Å². The number of halogens is 1. The standard InChI is InChI=1S/C18H14ClNO3/c1-10-3-5-11(6-4-10)15-16(18(22)17(15)21)20-12-7-8-14(23-2)13(19)9-12/h3-9,20H,1-2H3. The molecule has 0 fully saturated rings. The highest BCUT2D eigenvalue weighted by Crippen LogP contribution is 2.31. The first-order chi connectivity index (χ1) is 11.0. The number of anilines is 2. The number of benzene rings is 2. The third-order valence-electron chi connectivity index (χ3n) is 3.67. The molecular weight excluding hydrogens is 314 g/mol. The Balaban J connectivity index is 1.97. The van der Waals surface area contributed by atoms with Gasteiger partial charge in [-0.25, -0.2) is 0 Å². The van der Waals surface area contributed by atoms with Gasteiger partial charge in [-0.2, -0.15) is 0 Å². The minimum atomic E-state index is -0.521. The van der Waals surface area contributed by atoms with E-state index in [9.17, 15) is 9.59 Å². The lowest BCUT2D eigenvalue weighted by molar-refractivity contribution is 0.415. The number of aryl methyl sites for hydroxylation is 1. The van der Waals surface area contributed by atoms with Crippen molar-refractivity contribution in [3.63, 3.8) is 0 Å². The molecule has 0 saturated carbocycles. The Hall–Kier alpha value is -2.59. The number of ether oxygens (including phenoxy) is 1. The second kappa shape index (κ2) is 5.89. The largest absolute Gasteiger partial charge is 0.495 e. The lowest BCUT2D eigenvalue weighted by atomic mass is 9.97. The maximum atomic E-state index is 11.9. The van der Waals surface area contributed by atoms with E-state index in [1.807, 2.05) is 31.2 Å². The fourth-order valence-electron chi connectivity index (χ4n) is 2.40. The van der Waals surface area contributed by atoms with Crippen molar-refractivity contribution in [2.75, 3.05) is 12.4 Å². The molecule has 1 N–H and O–H groups in total. The van der Waals surface area contributed by atoms with E-state index >= 15 is 0 Å². The molecule has 3 aromatic rings. The van der Waals surface area contributed by atoms with Crippen molar-refractivity contribution in [2.24, 2.45) is 0 Å². The van der Waals surface area contributed by atoms with Gasteiger partial charge in [0.2, 0.25) is 5.43 Å². The first-order valence-corrected chi connectivity index (χ1v) is 7.40. The molecule has 0 bridgehead atoms. The van der Waals surface area contributed by atoms with Crippen LogP contribution < -0.4 is 20.9 Å². The Morgan fingerprint density at radius 2 is 1.70 bits per heavy atom. The summed E-state index contributed by atoms with van der Waals surface area (Å²) in [6.45, 7) is 1.96. The molecular formula is C18H14ClNO3. The van der Waals surface area contributed by atoms with E-state index in [0.717, 1.165) is 11.1 Å². The van der Waals surface area contributed by atoms with Gasteiger partial charge in [0.05, 0.1) is 17.7 Å². The van der Waals surface area contributed by atoms with Crippen LogP contribution in [-0.2, 0) is 0 Å². The van der Waals surface area contributed by atoms with Crippen molar-refractivity contribution >= 4 is 23.0 Å². The van der Waals surface area contributed by atoms with E-state index in [0.29, 0.717) is 27.7 Å². The summed E-state index contributed by atoms with van der Waals surface area (Å²) in [5.41, 5.74) is 2.13. The molecule has 0 heterocycles. The van der Waals surface area contributed by atoms with Gasteiger partial charge in [0.15, 0.2) is 0 Å². The molecule has 0 saturated heterocycles. The quantitative estimate of drug-likeness (QED) is 0.743. The predicted molar refractivity (Wildman–Crippen MR) is 92.8 cm³/mol. The van der Waals surface area contributed by atoms with Crippen LogP contribution in [0.3, 0.4) is 0 Å². The van der Waals surface area contributed by atoms with Gasteiger partial charge in [0, 0.05) is 5.69 Å². The van der Waals surface area contributed by atoms with Crippen LogP contribution in [0.4, 0.5) is 11.4 Å². The highest BCUT2D eigenvalue weighted by molar-refractivity contribution is 6.32. The number of hydrogen-bond acceptors (Lipinski definition) is 4. The fourth-order valence-corrected chi connectivity index (χ4v) is 2.65. The first-order valence-electron chi connectivity index (χ1n) is 7.02. The molecule has 0 aliphatic heterocycles. The van der Waals surface area contributed by atoms with Gasteiger partial charge in [-0.3, -0.25) is 9.59 Å². The van der Waals surface area contributed by atoms with Gasteiger partial charge >= 0.3 is 0 Å². The molecule has 5 heteroatoms. The molecule has 0 aromatic heterocycles. The Labute approximate surface area is 138 Å². The summed E-state index contributed by atoms with van der Waals surface area (Å²) in [5.74, 6) is 0.543. The summed E-state index contributed by atoms with van der Waals surface area (Å²) in [6, 6.07) is 12.6. The van der Waals surface area contributed by atoms with Crippen molar-refractivity contribution in [2.45, 2.75) is 6.92 Å². The second-order valence-corrected chi connectivity index (χ2v) is 5.66. The summed E-state index contributed by atoms with van der Waals surface area (Å²) in [4.78, 5) is 23.8. The van der Waals surface area contributed by atoms with Crippen molar-refractivity contribution in [1.29, 1.82) is 0 Å². The SMILES string of the molecule is COc1ccc(Nc2c(-c3ccc(C)cc3)c(=O)c2=O)cc1Cl. The maximum Gasteiger partial charge on any atom is 0.250 e. The van der Waals surface area contributed by atoms with Crippen LogP contribution in [0.1, 0.15) is 5.56 Å². The maximum absolute atomic E-state index is 11.9. The Morgan fingerprint density at radius 3 is 2.30 bits per heavy atom. The molecule has 23 heavy (non-hydrogen) atoms. The minimum absolute atomic E-state index is 0.292. The van der Waals surface area contributed by atoms with Gasteiger partial charge in [0.25, 0.3) is 5.43 Å². The van der Waals surface area contributed by atoms with Crippen LogP contribution in [-0.4, -0.2) is 7.11 Å². The van der Waals surface area contributed by atoms with Crippen LogP contribution >= 0.6 is 11.6 Å². The molecule has 0 unspecified atom stereocenters. The van der Waals surface area contributed by atoms with E-state index in [1.54, 1.807) is 18.2 Å². The normalized spacial score (nSPS) is 10.7. The third-order valence-corrected chi connectivity index (χ3v) is 3.97. The van der Waals surface area contributed by atoms with Gasteiger partial charge < -0.3 is 10.1 Å². The number of nitrogens with one attached hydrogen (secondary N) is 1. The molecule has 0 amide bonds. The van der Waals surface area contributed by atoms with E-state index in [2.05, 4.69) is 5.32 Å². The van der Waals surface area contributed by atoms with Crippen molar-refractivity contribution in [1.82, 2.24) is 0 Å². The zero-order valence-corrected chi connectivity index (χ0v) is 13.4. The van der Waals surface area contributed by atoms with Crippen LogP contribution in [0.5, 0.6) is 5.75 Å². The topological polar surface area (TPSA) is 55.4 Å². The smallest absolute Gasteiger partial charge is 0.250 e. The van der Waals surface area contributed by atoms with E-state index in [4.69, 9.17) is 16.3 Å². The molecule has 0 atom stereocenters.